The van der Waals surface area contributed by atoms with Crippen LogP contribution in [0.5, 0.6) is 5.75 Å². The molecule has 0 aliphatic heterocycles. The molecule has 0 aliphatic carbocycles. The van der Waals surface area contributed by atoms with E-state index in [1.165, 1.54) is 0 Å². The Morgan fingerprint density at radius 2 is 1.38 bits per heavy atom. The van der Waals surface area contributed by atoms with Gasteiger partial charge in [0.25, 0.3) is 5.91 Å². The number of hydrogen-bond donors (Lipinski definition) is 5. The van der Waals surface area contributed by atoms with Crippen LogP contribution in [0.15, 0.2) is 76.5 Å². The number of amides is 1. The first-order chi connectivity index (χ1) is 23.5. The number of allylic oxidation sites excluding steroid dienone is 1. The molecule has 2 aromatic rings. The largest absolute Gasteiger partial charge is 0.508 e. The standard InChI is InChI=1S/C33H50N6O7.C2H6/c1-4-8-31(35-16-19-44-25-26-46-22-21-42-3)39-33(38-29-11-13-30(40)14-12-29)37-27(2)34-15-18-43-23-24-45-20-17-36-32(41)28-9-6-5-7-10-28;1-2/h5-14,35,40H,4,15-26H2,1-3H3,(H,36,41)(H2,34,37,38,39);1-2H3/b31-8+;. The van der Waals surface area contributed by atoms with Crippen LogP contribution in [0.1, 0.15) is 44.5 Å². The van der Waals surface area contributed by atoms with Gasteiger partial charge in [-0.15, -0.1) is 0 Å². The molecule has 13 heteroatoms. The van der Waals surface area contributed by atoms with Crippen LogP contribution in [0.25, 0.3) is 0 Å². The number of rotatable bonds is 23. The van der Waals surface area contributed by atoms with E-state index in [-0.39, 0.29) is 11.7 Å². The van der Waals surface area contributed by atoms with E-state index < -0.39 is 0 Å². The number of amidine groups is 1. The van der Waals surface area contributed by atoms with Crippen LogP contribution in [-0.2, 0) is 23.7 Å². The third kappa shape index (κ3) is 21.7. The Morgan fingerprint density at radius 3 is 2.00 bits per heavy atom. The molecule has 48 heavy (non-hydrogen) atoms. The van der Waals surface area contributed by atoms with Crippen LogP contribution in [0.3, 0.4) is 0 Å². The van der Waals surface area contributed by atoms with E-state index in [9.17, 15) is 9.90 Å². The normalized spacial score (nSPS) is 11.8. The fraction of sp³-hybridized carbons (Fsp3) is 0.514. The number of nitrogens with one attached hydrogen (secondary N) is 4. The average Bonchev–Trinajstić information content (AvgIpc) is 3.10. The lowest BCUT2D eigenvalue weighted by atomic mass is 10.2. The van der Waals surface area contributed by atoms with Gasteiger partial charge < -0.3 is 50.1 Å². The Labute approximate surface area is 286 Å². The molecule has 0 aliphatic rings. The van der Waals surface area contributed by atoms with Gasteiger partial charge in [0.2, 0.25) is 5.96 Å². The number of phenolic OH excluding ortho intramolecular Hbond substituents is 1. The minimum absolute atomic E-state index is 0.122. The summed E-state index contributed by atoms with van der Waals surface area (Å²) in [6, 6.07) is 15.8. The number of ether oxygens (including phenoxy) is 5. The maximum atomic E-state index is 12.0. The van der Waals surface area contributed by atoms with Crippen molar-refractivity contribution in [1.82, 2.24) is 16.0 Å². The van der Waals surface area contributed by atoms with Crippen molar-refractivity contribution >= 4 is 23.4 Å². The molecule has 1 amide bonds. The number of aromatic hydroxyl groups is 1. The number of carbonyl (C=O) groups excluding carboxylic acids is 1. The van der Waals surface area contributed by atoms with Gasteiger partial charge in [-0.3, -0.25) is 9.79 Å². The number of nitrogens with zero attached hydrogens (tertiary/aromatic N) is 2. The Morgan fingerprint density at radius 1 is 0.792 bits per heavy atom. The smallest absolute Gasteiger partial charge is 0.251 e. The summed E-state index contributed by atoms with van der Waals surface area (Å²) in [5.74, 6) is 1.83. The molecule has 2 rings (SSSR count). The minimum atomic E-state index is -0.122. The summed E-state index contributed by atoms with van der Waals surface area (Å²) in [4.78, 5) is 21.3. The highest BCUT2D eigenvalue weighted by Crippen LogP contribution is 2.13. The fourth-order valence-corrected chi connectivity index (χ4v) is 3.69. The highest BCUT2D eigenvalue weighted by Gasteiger charge is 2.06. The van der Waals surface area contributed by atoms with Crippen molar-refractivity contribution < 1.29 is 33.6 Å². The Balaban J connectivity index is 0.00000565. The van der Waals surface area contributed by atoms with Crippen molar-refractivity contribution in [2.75, 3.05) is 91.5 Å². The number of methoxy groups -OCH3 is 1. The second-order valence-corrected chi connectivity index (χ2v) is 9.71. The van der Waals surface area contributed by atoms with Gasteiger partial charge in [0.1, 0.15) is 11.6 Å². The molecular weight excluding hydrogens is 616 g/mol. The molecule has 0 unspecified atom stereocenters. The fourth-order valence-electron chi connectivity index (χ4n) is 3.69. The maximum absolute atomic E-state index is 12.0. The van der Waals surface area contributed by atoms with Gasteiger partial charge >= 0.3 is 0 Å². The van der Waals surface area contributed by atoms with Crippen LogP contribution in [-0.4, -0.2) is 109 Å². The van der Waals surface area contributed by atoms with Crippen LogP contribution in [0.2, 0.25) is 0 Å². The van der Waals surface area contributed by atoms with Crippen molar-refractivity contribution in [3.8, 4) is 5.75 Å². The van der Waals surface area contributed by atoms with E-state index in [0.717, 1.165) is 12.1 Å². The van der Waals surface area contributed by atoms with Gasteiger partial charge in [-0.2, -0.15) is 4.99 Å². The van der Waals surface area contributed by atoms with E-state index >= 15 is 0 Å². The third-order valence-corrected chi connectivity index (χ3v) is 5.94. The molecular formula is C35H56N6O7. The lowest BCUT2D eigenvalue weighted by Gasteiger charge is -2.15. The molecule has 0 radical (unpaired) electrons. The van der Waals surface area contributed by atoms with Gasteiger partial charge in [0.15, 0.2) is 0 Å². The van der Waals surface area contributed by atoms with Crippen molar-refractivity contribution in [1.29, 1.82) is 0 Å². The summed E-state index contributed by atoms with van der Waals surface area (Å²) in [7, 11) is 1.64. The Bertz CT molecular complexity index is 1180. The molecule has 0 atom stereocenters. The van der Waals surface area contributed by atoms with Crippen LogP contribution < -0.4 is 21.3 Å². The zero-order valence-electron chi connectivity index (χ0n) is 29.3. The first-order valence-corrected chi connectivity index (χ1v) is 16.5. The highest BCUT2D eigenvalue weighted by molar-refractivity contribution is 6.05. The molecule has 0 aromatic heterocycles. The summed E-state index contributed by atoms with van der Waals surface area (Å²) in [6.07, 6.45) is 2.76. The van der Waals surface area contributed by atoms with Crippen molar-refractivity contribution in [3.63, 3.8) is 0 Å². The first kappa shape index (κ1) is 42.0. The minimum Gasteiger partial charge on any atom is -0.508 e. The molecule has 0 saturated carbocycles. The monoisotopic (exact) mass is 672 g/mol. The summed E-state index contributed by atoms with van der Waals surface area (Å²) < 4.78 is 27.1. The van der Waals surface area contributed by atoms with E-state index in [1.807, 2.05) is 52.0 Å². The molecule has 0 spiro atoms. The first-order valence-electron chi connectivity index (χ1n) is 16.5. The number of benzene rings is 2. The van der Waals surface area contributed by atoms with Gasteiger partial charge in [-0.05, 0) is 55.8 Å². The molecule has 0 fully saturated rings. The molecule has 5 N–H and O–H groups in total. The zero-order valence-corrected chi connectivity index (χ0v) is 29.3. The van der Waals surface area contributed by atoms with Gasteiger partial charge in [-0.25, -0.2) is 0 Å². The van der Waals surface area contributed by atoms with Gasteiger partial charge in [-0.1, -0.05) is 39.0 Å². The highest BCUT2D eigenvalue weighted by atomic mass is 16.5. The summed E-state index contributed by atoms with van der Waals surface area (Å²) >= 11 is 0. The topological polar surface area (TPSA) is 156 Å². The molecule has 0 bridgehead atoms. The van der Waals surface area contributed by atoms with Gasteiger partial charge in [0, 0.05) is 31.5 Å². The number of anilines is 1. The maximum Gasteiger partial charge on any atom is 0.251 e. The number of hydrogen-bond acceptors (Lipinski definition) is 10. The van der Waals surface area contributed by atoms with E-state index in [2.05, 4.69) is 26.3 Å². The van der Waals surface area contributed by atoms with E-state index in [4.69, 9.17) is 28.7 Å². The second kappa shape index (κ2) is 29.2. The summed E-state index contributed by atoms with van der Waals surface area (Å²) in [6.45, 7) is 13.6. The van der Waals surface area contributed by atoms with Gasteiger partial charge in [0.05, 0.1) is 71.8 Å². The van der Waals surface area contributed by atoms with E-state index in [1.54, 1.807) is 43.5 Å². The van der Waals surface area contributed by atoms with Crippen LogP contribution in [0.4, 0.5) is 5.69 Å². The number of carbonyl (C=O) groups is 1. The third-order valence-electron chi connectivity index (χ3n) is 5.94. The summed E-state index contributed by atoms with van der Waals surface area (Å²) in [5, 5.41) is 22.3. The quantitative estimate of drug-likeness (QED) is 0.0503. The average molecular weight is 673 g/mol. The Kier molecular flexibility index (Phi) is 25.5. The van der Waals surface area contributed by atoms with Crippen molar-refractivity contribution in [3.05, 3.63) is 72.1 Å². The molecule has 0 saturated heterocycles. The number of guanidine groups is 1. The molecule has 2 aromatic carbocycles. The second-order valence-electron chi connectivity index (χ2n) is 9.71. The molecule has 268 valence electrons. The zero-order chi connectivity index (χ0) is 35.1. The Hall–Kier alpha value is -4.01. The lowest BCUT2D eigenvalue weighted by molar-refractivity contribution is 0.0259. The predicted molar refractivity (Wildman–Crippen MR) is 192 cm³/mol. The van der Waals surface area contributed by atoms with Crippen LogP contribution >= 0.6 is 0 Å². The number of aliphatic imine (C=N–C) groups is 2. The van der Waals surface area contributed by atoms with E-state index in [0.29, 0.717) is 102 Å². The summed E-state index contributed by atoms with van der Waals surface area (Å²) in [5.41, 5.74) is 1.37. The lowest BCUT2D eigenvalue weighted by Crippen LogP contribution is -2.35. The SMILES string of the molecule is CC.CC/C=C(/N=C(\NC(C)=NCCOCCOCCNC(=O)c1ccccc1)Nc1ccc(O)cc1)NCCOCCOCCOC. The molecule has 13 nitrogen and oxygen atoms in total. The number of phenols is 1. The van der Waals surface area contributed by atoms with Crippen LogP contribution in [0, 0.1) is 0 Å². The van der Waals surface area contributed by atoms with Crippen molar-refractivity contribution in [2.24, 2.45) is 9.98 Å². The predicted octanol–water partition coefficient (Wildman–Crippen LogP) is 4.18. The molecule has 0 heterocycles. The van der Waals surface area contributed by atoms with Crippen molar-refractivity contribution in [2.45, 2.75) is 34.1 Å².